The minimum atomic E-state index is -0.0835. The first-order valence-electron chi connectivity index (χ1n) is 6.22. The Morgan fingerprint density at radius 2 is 2.35 bits per heavy atom. The summed E-state index contributed by atoms with van der Waals surface area (Å²) in [6.45, 7) is 1.99. The third-order valence-electron chi connectivity index (χ3n) is 3.11. The minimum Gasteiger partial charge on any atom is -0.458 e. The zero-order chi connectivity index (χ0) is 14.1. The number of hydrogen-bond donors (Lipinski definition) is 2. The molecule has 0 aliphatic rings. The predicted octanol–water partition coefficient (Wildman–Crippen LogP) is 3.71. The summed E-state index contributed by atoms with van der Waals surface area (Å²) in [6.07, 6.45) is 0.715. The number of nitrogens with zero attached hydrogens (tertiary/aromatic N) is 1. The van der Waals surface area contributed by atoms with Crippen molar-refractivity contribution in [1.29, 1.82) is 0 Å². The van der Waals surface area contributed by atoms with Crippen LogP contribution in [0.3, 0.4) is 0 Å². The predicted molar refractivity (Wildman–Crippen MR) is 84.5 cm³/mol. The van der Waals surface area contributed by atoms with Gasteiger partial charge in [0.15, 0.2) is 0 Å². The van der Waals surface area contributed by atoms with E-state index in [1.54, 1.807) is 11.3 Å². The number of hydrogen-bond acceptors (Lipinski definition) is 5. The van der Waals surface area contributed by atoms with Gasteiger partial charge in [-0.3, -0.25) is 5.84 Å². The lowest BCUT2D eigenvalue weighted by molar-refractivity contribution is 0.433. The second-order valence-corrected chi connectivity index (χ2v) is 6.41. The fourth-order valence-corrected chi connectivity index (χ4v) is 3.41. The summed E-state index contributed by atoms with van der Waals surface area (Å²) in [5.74, 6) is 6.50. The van der Waals surface area contributed by atoms with Crippen molar-refractivity contribution in [2.45, 2.75) is 19.4 Å². The van der Waals surface area contributed by atoms with Crippen molar-refractivity contribution in [2.24, 2.45) is 5.84 Å². The molecule has 20 heavy (non-hydrogen) atoms. The molecule has 0 fully saturated rings. The number of benzene rings is 1. The quantitative estimate of drug-likeness (QED) is 0.555. The van der Waals surface area contributed by atoms with Gasteiger partial charge in [0.25, 0.3) is 0 Å². The van der Waals surface area contributed by atoms with Crippen LogP contribution in [0.15, 0.2) is 38.5 Å². The molecule has 0 saturated carbocycles. The van der Waals surface area contributed by atoms with Gasteiger partial charge in [-0.05, 0) is 35.0 Å². The van der Waals surface area contributed by atoms with E-state index >= 15 is 0 Å². The van der Waals surface area contributed by atoms with Crippen LogP contribution in [0.5, 0.6) is 0 Å². The Bertz CT molecular complexity index is 737. The number of para-hydroxylation sites is 1. The molecule has 6 heteroatoms. The van der Waals surface area contributed by atoms with Crippen molar-refractivity contribution < 1.29 is 4.42 Å². The molecule has 0 radical (unpaired) electrons. The SMILES string of the molecule is Cc1csc(CC(NN)c2cc3cccc(Br)c3o2)n1. The van der Waals surface area contributed by atoms with E-state index in [-0.39, 0.29) is 6.04 Å². The van der Waals surface area contributed by atoms with Gasteiger partial charge >= 0.3 is 0 Å². The molecule has 0 amide bonds. The van der Waals surface area contributed by atoms with E-state index < -0.39 is 0 Å². The lowest BCUT2D eigenvalue weighted by Crippen LogP contribution is -2.29. The molecular formula is C14H14BrN3OS. The third kappa shape index (κ3) is 2.64. The van der Waals surface area contributed by atoms with Gasteiger partial charge in [0.1, 0.15) is 11.3 Å². The molecule has 0 spiro atoms. The number of fused-ring (bicyclic) bond motifs is 1. The topological polar surface area (TPSA) is 64.1 Å². The number of nitrogens with one attached hydrogen (secondary N) is 1. The van der Waals surface area contributed by atoms with Crippen LogP contribution in [0, 0.1) is 6.92 Å². The Kier molecular flexibility index (Phi) is 3.89. The van der Waals surface area contributed by atoms with E-state index in [1.165, 1.54) is 0 Å². The molecule has 0 saturated heterocycles. The van der Waals surface area contributed by atoms with Crippen LogP contribution in [0.4, 0.5) is 0 Å². The Hall–Kier alpha value is -1.21. The standard InChI is InChI=1S/C14H14BrN3OS/c1-8-7-20-13(17-8)6-11(18-16)12-5-9-3-2-4-10(15)14(9)19-12/h2-5,7,11,18H,6,16H2,1H3. The van der Waals surface area contributed by atoms with Gasteiger partial charge in [0.05, 0.1) is 15.5 Å². The maximum atomic E-state index is 5.92. The maximum absolute atomic E-state index is 5.92. The summed E-state index contributed by atoms with van der Waals surface area (Å²) in [6, 6.07) is 7.91. The molecule has 2 aromatic heterocycles. The molecule has 1 aromatic carbocycles. The molecule has 1 unspecified atom stereocenters. The van der Waals surface area contributed by atoms with Crippen molar-refractivity contribution >= 4 is 38.2 Å². The van der Waals surface area contributed by atoms with E-state index in [0.29, 0.717) is 6.42 Å². The van der Waals surface area contributed by atoms with E-state index in [1.807, 2.05) is 36.6 Å². The van der Waals surface area contributed by atoms with E-state index in [2.05, 4.69) is 26.3 Å². The molecule has 2 heterocycles. The highest BCUT2D eigenvalue weighted by atomic mass is 79.9. The number of rotatable bonds is 4. The van der Waals surface area contributed by atoms with Gasteiger partial charge in [-0.2, -0.15) is 0 Å². The van der Waals surface area contributed by atoms with Crippen molar-refractivity contribution in [2.75, 3.05) is 0 Å². The smallest absolute Gasteiger partial charge is 0.148 e. The fourth-order valence-electron chi connectivity index (χ4n) is 2.13. The second-order valence-electron chi connectivity index (χ2n) is 4.61. The third-order valence-corrected chi connectivity index (χ3v) is 4.72. The number of hydrazine groups is 1. The summed E-state index contributed by atoms with van der Waals surface area (Å²) in [5.41, 5.74) is 4.69. The molecule has 0 aliphatic heterocycles. The summed E-state index contributed by atoms with van der Waals surface area (Å²) >= 11 is 5.14. The van der Waals surface area contributed by atoms with Crippen molar-refractivity contribution in [3.63, 3.8) is 0 Å². The van der Waals surface area contributed by atoms with Gasteiger partial charge in [-0.25, -0.2) is 10.4 Å². The number of aromatic nitrogens is 1. The van der Waals surface area contributed by atoms with Gasteiger partial charge in [0, 0.05) is 22.9 Å². The van der Waals surface area contributed by atoms with Crippen molar-refractivity contribution in [3.8, 4) is 0 Å². The largest absolute Gasteiger partial charge is 0.458 e. The highest BCUT2D eigenvalue weighted by molar-refractivity contribution is 9.10. The fraction of sp³-hybridized carbons (Fsp3) is 0.214. The normalized spacial score (nSPS) is 12.9. The monoisotopic (exact) mass is 351 g/mol. The molecule has 104 valence electrons. The Labute approximate surface area is 129 Å². The average molecular weight is 352 g/mol. The molecule has 3 N–H and O–H groups in total. The van der Waals surface area contributed by atoms with Crippen molar-refractivity contribution in [3.05, 3.63) is 50.6 Å². The van der Waals surface area contributed by atoms with E-state index in [9.17, 15) is 0 Å². The highest BCUT2D eigenvalue weighted by Crippen LogP contribution is 2.30. The van der Waals surface area contributed by atoms with Crippen LogP contribution >= 0.6 is 27.3 Å². The second kappa shape index (κ2) is 5.65. The highest BCUT2D eigenvalue weighted by Gasteiger charge is 2.18. The molecule has 0 aliphatic carbocycles. The van der Waals surface area contributed by atoms with Gasteiger partial charge in [-0.15, -0.1) is 11.3 Å². The molecule has 3 aromatic rings. The lowest BCUT2D eigenvalue weighted by Gasteiger charge is -2.11. The van der Waals surface area contributed by atoms with Crippen LogP contribution in [-0.2, 0) is 6.42 Å². The zero-order valence-electron chi connectivity index (χ0n) is 10.9. The number of thiazole rings is 1. The van der Waals surface area contributed by atoms with Gasteiger partial charge in [0.2, 0.25) is 0 Å². The molecule has 0 bridgehead atoms. The Morgan fingerprint density at radius 3 is 3.00 bits per heavy atom. The van der Waals surface area contributed by atoms with Crippen molar-refractivity contribution in [1.82, 2.24) is 10.4 Å². The number of aryl methyl sites for hydroxylation is 1. The first-order chi connectivity index (χ1) is 9.67. The van der Waals surface area contributed by atoms with Gasteiger partial charge < -0.3 is 4.42 Å². The molecule has 4 nitrogen and oxygen atoms in total. The molecule has 3 rings (SSSR count). The first kappa shape index (κ1) is 13.8. The minimum absolute atomic E-state index is 0.0835. The van der Waals surface area contributed by atoms with Gasteiger partial charge in [-0.1, -0.05) is 12.1 Å². The van der Waals surface area contributed by atoms with Crippen LogP contribution in [0.1, 0.15) is 22.5 Å². The Balaban J connectivity index is 1.92. The van der Waals surface area contributed by atoms with Crippen LogP contribution in [-0.4, -0.2) is 4.98 Å². The lowest BCUT2D eigenvalue weighted by atomic mass is 10.1. The summed E-state index contributed by atoms with van der Waals surface area (Å²) < 4.78 is 6.86. The first-order valence-corrected chi connectivity index (χ1v) is 7.89. The van der Waals surface area contributed by atoms with E-state index in [0.717, 1.165) is 31.9 Å². The summed E-state index contributed by atoms with van der Waals surface area (Å²) in [7, 11) is 0. The van der Waals surface area contributed by atoms with Crippen LogP contribution in [0.25, 0.3) is 11.0 Å². The summed E-state index contributed by atoms with van der Waals surface area (Å²) in [5, 5.41) is 4.15. The molecule has 1 atom stereocenters. The zero-order valence-corrected chi connectivity index (χ0v) is 13.3. The van der Waals surface area contributed by atoms with Crippen LogP contribution in [0.2, 0.25) is 0 Å². The number of nitrogens with two attached hydrogens (primary N) is 1. The average Bonchev–Trinajstić information content (AvgIpc) is 3.03. The number of furan rings is 1. The maximum Gasteiger partial charge on any atom is 0.148 e. The summed E-state index contributed by atoms with van der Waals surface area (Å²) in [4.78, 5) is 4.47. The van der Waals surface area contributed by atoms with E-state index in [4.69, 9.17) is 10.3 Å². The molecular weight excluding hydrogens is 338 g/mol. The van der Waals surface area contributed by atoms with Crippen LogP contribution < -0.4 is 11.3 Å². The Morgan fingerprint density at radius 1 is 1.50 bits per heavy atom. The number of halogens is 1.